The Hall–Kier alpha value is -3.33. The van der Waals surface area contributed by atoms with E-state index >= 15 is 0 Å². The Labute approximate surface area is 167 Å². The van der Waals surface area contributed by atoms with Crippen molar-refractivity contribution in [3.8, 4) is 0 Å². The van der Waals surface area contributed by atoms with Crippen LogP contribution in [0.3, 0.4) is 0 Å². The van der Waals surface area contributed by atoms with E-state index < -0.39 is 30.1 Å². The largest absolute Gasteiger partial charge is 0.464 e. The average molecular weight is 401 g/mol. The number of ether oxygens (including phenoxy) is 2. The molecule has 1 aliphatic heterocycles. The molecule has 2 heterocycles. The molecule has 0 saturated carbocycles. The highest BCUT2D eigenvalue weighted by Crippen LogP contribution is 2.22. The summed E-state index contributed by atoms with van der Waals surface area (Å²) in [4.78, 5) is 38.1. The summed E-state index contributed by atoms with van der Waals surface area (Å²) in [6, 6.07) is 9.78. The number of carbonyl (C=O) groups excluding carboxylic acids is 3. The average Bonchev–Trinajstić information content (AvgIpc) is 3.28. The number of hydrogen-bond donors (Lipinski definition) is 2. The normalized spacial score (nSPS) is 18.4. The van der Waals surface area contributed by atoms with Crippen molar-refractivity contribution in [2.24, 2.45) is 7.05 Å². The molecule has 0 unspecified atom stereocenters. The van der Waals surface area contributed by atoms with Gasteiger partial charge in [0.05, 0.1) is 25.4 Å². The molecular weight excluding hydrogens is 378 g/mol. The highest BCUT2D eigenvalue weighted by atomic mass is 16.6. The van der Waals surface area contributed by atoms with E-state index in [4.69, 9.17) is 4.74 Å². The molecule has 2 aromatic rings. The van der Waals surface area contributed by atoms with E-state index in [-0.39, 0.29) is 25.3 Å². The van der Waals surface area contributed by atoms with Crippen LogP contribution in [-0.2, 0) is 27.9 Å². The number of benzene rings is 1. The number of amides is 2. The minimum atomic E-state index is -0.880. The van der Waals surface area contributed by atoms with Crippen LogP contribution in [-0.4, -0.2) is 58.3 Å². The zero-order chi connectivity index (χ0) is 21.0. The standard InChI is InChI=1S/C20H23N3O6/c1-22-10-14(8-17(22)19(26)28-2)21-18(25)16-9-15(24)11-23(16)20(27)29-12-13-6-4-3-5-7-13/h3-8,10,15-16,24H,9,11-12H2,1-2H3,(H,21,25)/t15-,16+/m1/s1. The first kappa shape index (κ1) is 20.4. The maximum atomic E-state index is 12.7. The Morgan fingerprint density at radius 1 is 1.24 bits per heavy atom. The number of carbonyl (C=O) groups is 3. The molecule has 2 N–H and O–H groups in total. The van der Waals surface area contributed by atoms with Gasteiger partial charge in [-0.3, -0.25) is 9.69 Å². The zero-order valence-corrected chi connectivity index (χ0v) is 16.2. The first-order chi connectivity index (χ1) is 13.9. The maximum Gasteiger partial charge on any atom is 0.410 e. The van der Waals surface area contributed by atoms with Gasteiger partial charge in [-0.2, -0.15) is 0 Å². The smallest absolute Gasteiger partial charge is 0.410 e. The second-order valence-corrected chi connectivity index (χ2v) is 6.80. The fourth-order valence-corrected chi connectivity index (χ4v) is 3.23. The highest BCUT2D eigenvalue weighted by molar-refractivity contribution is 5.98. The lowest BCUT2D eigenvalue weighted by Gasteiger charge is -2.22. The zero-order valence-electron chi connectivity index (χ0n) is 16.2. The predicted octanol–water partition coefficient (Wildman–Crippen LogP) is 1.52. The van der Waals surface area contributed by atoms with Gasteiger partial charge in [0.2, 0.25) is 5.91 Å². The van der Waals surface area contributed by atoms with Crippen LogP contribution < -0.4 is 5.32 Å². The topological polar surface area (TPSA) is 110 Å². The van der Waals surface area contributed by atoms with Gasteiger partial charge in [-0.05, 0) is 11.6 Å². The number of β-amino-alcohol motifs (C(OH)–C–C–N with tert-alkyl or cyclic N) is 1. The van der Waals surface area contributed by atoms with Gasteiger partial charge < -0.3 is 24.5 Å². The summed E-state index contributed by atoms with van der Waals surface area (Å²) in [6.07, 6.45) is 0.168. The molecule has 9 nitrogen and oxygen atoms in total. The number of rotatable bonds is 5. The minimum Gasteiger partial charge on any atom is -0.464 e. The third-order valence-corrected chi connectivity index (χ3v) is 4.69. The molecule has 1 aromatic heterocycles. The first-order valence-corrected chi connectivity index (χ1v) is 9.10. The molecule has 1 aromatic carbocycles. The van der Waals surface area contributed by atoms with Crippen molar-refractivity contribution in [3.63, 3.8) is 0 Å². The SMILES string of the molecule is COC(=O)c1cc(NC(=O)[C@@H]2C[C@@H](O)CN2C(=O)OCc2ccccc2)cn1C. The fourth-order valence-electron chi connectivity index (χ4n) is 3.23. The quantitative estimate of drug-likeness (QED) is 0.735. The summed E-state index contributed by atoms with van der Waals surface area (Å²) < 4.78 is 11.5. The third kappa shape index (κ3) is 4.75. The van der Waals surface area contributed by atoms with E-state index in [1.54, 1.807) is 13.2 Å². The Bertz CT molecular complexity index is 895. The van der Waals surface area contributed by atoms with Crippen molar-refractivity contribution < 1.29 is 29.0 Å². The molecule has 1 fully saturated rings. The number of aliphatic hydroxyl groups is 1. The Morgan fingerprint density at radius 3 is 2.66 bits per heavy atom. The molecule has 0 bridgehead atoms. The molecule has 3 rings (SSSR count). The van der Waals surface area contributed by atoms with E-state index in [9.17, 15) is 19.5 Å². The molecule has 1 aliphatic rings. The first-order valence-electron chi connectivity index (χ1n) is 9.10. The van der Waals surface area contributed by atoms with Gasteiger partial charge >= 0.3 is 12.1 Å². The van der Waals surface area contributed by atoms with E-state index in [1.165, 1.54) is 22.6 Å². The van der Waals surface area contributed by atoms with Crippen LogP contribution in [0, 0.1) is 0 Å². The van der Waals surface area contributed by atoms with Gasteiger partial charge in [0.1, 0.15) is 18.3 Å². The van der Waals surface area contributed by atoms with E-state index in [0.29, 0.717) is 5.69 Å². The van der Waals surface area contributed by atoms with Crippen molar-refractivity contribution in [1.29, 1.82) is 0 Å². The summed E-state index contributed by atoms with van der Waals surface area (Å²) in [5.74, 6) is -1.00. The van der Waals surface area contributed by atoms with Crippen LogP contribution in [0.5, 0.6) is 0 Å². The lowest BCUT2D eigenvalue weighted by atomic mass is 10.2. The number of nitrogens with zero attached hydrogens (tertiary/aromatic N) is 2. The number of methoxy groups -OCH3 is 1. The number of hydrogen-bond acceptors (Lipinski definition) is 6. The number of anilines is 1. The Morgan fingerprint density at radius 2 is 1.97 bits per heavy atom. The second kappa shape index (κ2) is 8.78. The van der Waals surface area contributed by atoms with Crippen LogP contribution in [0.1, 0.15) is 22.5 Å². The minimum absolute atomic E-state index is 0.00785. The summed E-state index contributed by atoms with van der Waals surface area (Å²) in [5.41, 5.74) is 1.48. The molecule has 1 saturated heterocycles. The Kier molecular flexibility index (Phi) is 6.18. The third-order valence-electron chi connectivity index (χ3n) is 4.69. The van der Waals surface area contributed by atoms with E-state index in [0.717, 1.165) is 5.56 Å². The lowest BCUT2D eigenvalue weighted by molar-refractivity contribution is -0.120. The van der Waals surface area contributed by atoms with Crippen LogP contribution in [0.4, 0.5) is 10.5 Å². The number of esters is 1. The van der Waals surface area contributed by atoms with Crippen LogP contribution in [0.15, 0.2) is 42.6 Å². The number of aromatic nitrogens is 1. The highest BCUT2D eigenvalue weighted by Gasteiger charge is 2.40. The van der Waals surface area contributed by atoms with Crippen molar-refractivity contribution >= 4 is 23.7 Å². The van der Waals surface area contributed by atoms with E-state index in [1.807, 2.05) is 30.3 Å². The molecule has 0 radical (unpaired) electrons. The van der Waals surface area contributed by atoms with Gasteiger partial charge in [0.15, 0.2) is 0 Å². The summed E-state index contributed by atoms with van der Waals surface area (Å²) in [5, 5.41) is 12.7. The summed E-state index contributed by atoms with van der Waals surface area (Å²) in [6.45, 7) is 0.0791. The van der Waals surface area contributed by atoms with Crippen molar-refractivity contribution in [3.05, 3.63) is 53.9 Å². The Balaban J connectivity index is 1.65. The molecule has 0 aliphatic carbocycles. The lowest BCUT2D eigenvalue weighted by Crippen LogP contribution is -2.43. The molecule has 154 valence electrons. The van der Waals surface area contributed by atoms with Crippen LogP contribution >= 0.6 is 0 Å². The van der Waals surface area contributed by atoms with Gasteiger partial charge in [0, 0.05) is 19.7 Å². The number of nitrogens with one attached hydrogen (secondary N) is 1. The monoisotopic (exact) mass is 401 g/mol. The van der Waals surface area contributed by atoms with Crippen molar-refractivity contribution in [2.45, 2.75) is 25.2 Å². The molecule has 29 heavy (non-hydrogen) atoms. The predicted molar refractivity (Wildman–Crippen MR) is 103 cm³/mol. The molecule has 9 heteroatoms. The van der Waals surface area contributed by atoms with Crippen molar-refractivity contribution in [1.82, 2.24) is 9.47 Å². The molecular formula is C20H23N3O6. The maximum absolute atomic E-state index is 12.7. The van der Waals surface area contributed by atoms with Gasteiger partial charge in [-0.1, -0.05) is 30.3 Å². The molecule has 2 atom stereocenters. The number of aliphatic hydroxyl groups excluding tert-OH is 1. The van der Waals surface area contributed by atoms with Gasteiger partial charge in [0.25, 0.3) is 0 Å². The molecule has 2 amide bonds. The number of likely N-dealkylation sites (tertiary alicyclic amines) is 1. The van der Waals surface area contributed by atoms with Gasteiger partial charge in [-0.25, -0.2) is 9.59 Å². The summed E-state index contributed by atoms with van der Waals surface area (Å²) in [7, 11) is 2.92. The summed E-state index contributed by atoms with van der Waals surface area (Å²) >= 11 is 0. The van der Waals surface area contributed by atoms with Gasteiger partial charge in [-0.15, -0.1) is 0 Å². The fraction of sp³-hybridized carbons (Fsp3) is 0.350. The van der Waals surface area contributed by atoms with Crippen LogP contribution in [0.25, 0.3) is 0 Å². The van der Waals surface area contributed by atoms with Crippen molar-refractivity contribution in [2.75, 3.05) is 19.0 Å². The van der Waals surface area contributed by atoms with E-state index in [2.05, 4.69) is 10.1 Å². The number of aryl methyl sites for hydroxylation is 1. The molecule has 0 spiro atoms. The van der Waals surface area contributed by atoms with Crippen LogP contribution in [0.2, 0.25) is 0 Å². The second-order valence-electron chi connectivity index (χ2n) is 6.80.